The lowest BCUT2D eigenvalue weighted by Crippen LogP contribution is -2.02. The summed E-state index contributed by atoms with van der Waals surface area (Å²) in [6.07, 6.45) is 17.6. The molecule has 0 saturated heterocycles. The van der Waals surface area contributed by atoms with Gasteiger partial charge in [-0.15, -0.1) is 0 Å². The molecular formula is C23H46O2. The molecule has 150 valence electrons. The molecule has 0 N–H and O–H groups in total. The molecule has 0 spiro atoms. The van der Waals surface area contributed by atoms with E-state index in [9.17, 15) is 9.59 Å². The van der Waals surface area contributed by atoms with Gasteiger partial charge in [-0.3, -0.25) is 4.79 Å². The average molecular weight is 355 g/mol. The minimum Gasteiger partial charge on any atom is -0.300 e. The molecule has 0 amide bonds. The number of ketones is 2. The Morgan fingerprint density at radius 2 is 1.04 bits per heavy atom. The lowest BCUT2D eigenvalue weighted by molar-refractivity contribution is -0.120. The van der Waals surface area contributed by atoms with Gasteiger partial charge in [-0.05, 0) is 25.7 Å². The minimum atomic E-state index is 0.337. The molecule has 0 saturated carbocycles. The molecule has 0 atom stereocenters. The van der Waals surface area contributed by atoms with Gasteiger partial charge >= 0.3 is 0 Å². The smallest absolute Gasteiger partial charge is 0.133 e. The Morgan fingerprint density at radius 3 is 1.44 bits per heavy atom. The molecular weight excluding hydrogens is 308 g/mol. The molecule has 0 aromatic rings. The third kappa shape index (κ3) is 28.4. The van der Waals surface area contributed by atoms with Gasteiger partial charge in [0.25, 0.3) is 0 Å². The molecule has 0 bridgehead atoms. The van der Waals surface area contributed by atoms with Crippen molar-refractivity contribution in [3.63, 3.8) is 0 Å². The summed E-state index contributed by atoms with van der Waals surface area (Å²) in [5.41, 5.74) is 0. The van der Waals surface area contributed by atoms with Crippen molar-refractivity contribution in [2.75, 3.05) is 0 Å². The summed E-state index contributed by atoms with van der Waals surface area (Å²) in [5, 5.41) is 0. The topological polar surface area (TPSA) is 34.1 Å². The van der Waals surface area contributed by atoms with Crippen LogP contribution in [-0.2, 0) is 9.59 Å². The van der Waals surface area contributed by atoms with Crippen molar-refractivity contribution in [1.29, 1.82) is 0 Å². The number of carbonyl (C=O) groups is 2. The van der Waals surface area contributed by atoms with E-state index in [2.05, 4.69) is 27.7 Å². The molecule has 0 rings (SSSR count). The van der Waals surface area contributed by atoms with Crippen LogP contribution in [-0.4, -0.2) is 11.6 Å². The normalized spacial score (nSPS) is 10.5. The molecule has 2 nitrogen and oxygen atoms in total. The number of rotatable bonds is 16. The first kappa shape index (κ1) is 26.6. The molecule has 2 heteroatoms. The fourth-order valence-corrected chi connectivity index (χ4v) is 2.81. The first-order valence-electron chi connectivity index (χ1n) is 10.9. The molecule has 0 aromatic carbocycles. The lowest BCUT2D eigenvalue weighted by atomic mass is 10.0. The van der Waals surface area contributed by atoms with E-state index >= 15 is 0 Å². The van der Waals surface area contributed by atoms with Crippen molar-refractivity contribution in [1.82, 2.24) is 0 Å². The molecule has 0 aromatic heterocycles. The Labute approximate surface area is 158 Å². The summed E-state index contributed by atoms with van der Waals surface area (Å²) in [7, 11) is 0. The number of hydrogen-bond acceptors (Lipinski definition) is 2. The van der Waals surface area contributed by atoms with Crippen molar-refractivity contribution in [2.45, 2.75) is 131 Å². The molecule has 0 unspecified atom stereocenters. The van der Waals surface area contributed by atoms with E-state index in [0.717, 1.165) is 32.1 Å². The fourth-order valence-electron chi connectivity index (χ4n) is 2.81. The van der Waals surface area contributed by atoms with Gasteiger partial charge in [0.15, 0.2) is 0 Å². The predicted molar refractivity (Wildman–Crippen MR) is 111 cm³/mol. The van der Waals surface area contributed by atoms with Gasteiger partial charge in [0, 0.05) is 19.3 Å². The van der Waals surface area contributed by atoms with Crippen LogP contribution in [0.2, 0.25) is 0 Å². The number of Topliss-reactive ketones (excluding diaryl/α,β-unsaturated/α-hetero) is 2. The molecule has 0 radical (unpaired) electrons. The van der Waals surface area contributed by atoms with Crippen LogP contribution < -0.4 is 0 Å². The second-order valence-electron chi connectivity index (χ2n) is 7.87. The van der Waals surface area contributed by atoms with Crippen molar-refractivity contribution in [2.24, 2.45) is 5.92 Å². The van der Waals surface area contributed by atoms with E-state index < -0.39 is 0 Å². The van der Waals surface area contributed by atoms with Crippen LogP contribution in [0.4, 0.5) is 0 Å². The van der Waals surface area contributed by atoms with Crippen LogP contribution in [0.15, 0.2) is 0 Å². The van der Waals surface area contributed by atoms with Gasteiger partial charge in [0.2, 0.25) is 0 Å². The van der Waals surface area contributed by atoms with Crippen molar-refractivity contribution in [3.8, 4) is 0 Å². The molecule has 0 aliphatic rings. The predicted octanol–water partition coefficient (Wildman–Crippen LogP) is 7.68. The van der Waals surface area contributed by atoms with Gasteiger partial charge in [0.05, 0.1) is 0 Å². The second kappa shape index (κ2) is 21.4. The number of unbranched alkanes of at least 4 members (excludes halogenated alkanes) is 10. The highest BCUT2D eigenvalue weighted by Gasteiger charge is 2.03. The second-order valence-corrected chi connectivity index (χ2v) is 7.87. The quantitative estimate of drug-likeness (QED) is 0.266. The maximum absolute atomic E-state index is 11.3. The van der Waals surface area contributed by atoms with Crippen LogP contribution in [0, 0.1) is 5.92 Å². The summed E-state index contributed by atoms with van der Waals surface area (Å²) >= 11 is 0. The Kier molecular flexibility index (Phi) is 22.7. The van der Waals surface area contributed by atoms with Crippen LogP contribution in [0.3, 0.4) is 0 Å². The van der Waals surface area contributed by atoms with Crippen molar-refractivity contribution >= 4 is 11.6 Å². The standard InChI is InChI=1S/C12H24O.C11H22O/c1-4-5-6-7-8-9-12(13)10-11(2)3;1-3-4-5-6-7-8-9-10-11(2)12/h11H,4-10H2,1-3H3;3-10H2,1-2H3. The average Bonchev–Trinajstić information content (AvgIpc) is 2.53. The van der Waals surface area contributed by atoms with Gasteiger partial charge in [0.1, 0.15) is 11.6 Å². The zero-order valence-electron chi connectivity index (χ0n) is 18.0. The largest absolute Gasteiger partial charge is 0.300 e. The number of hydrogen-bond donors (Lipinski definition) is 0. The van der Waals surface area contributed by atoms with E-state index in [1.54, 1.807) is 6.92 Å². The molecule has 25 heavy (non-hydrogen) atoms. The van der Waals surface area contributed by atoms with Gasteiger partial charge in [-0.1, -0.05) is 91.9 Å². The maximum atomic E-state index is 11.3. The fraction of sp³-hybridized carbons (Fsp3) is 0.913. The van der Waals surface area contributed by atoms with Crippen LogP contribution in [0.25, 0.3) is 0 Å². The van der Waals surface area contributed by atoms with Crippen molar-refractivity contribution in [3.05, 3.63) is 0 Å². The van der Waals surface area contributed by atoms with E-state index in [1.807, 2.05) is 0 Å². The minimum absolute atomic E-state index is 0.337. The van der Waals surface area contributed by atoms with E-state index in [-0.39, 0.29) is 0 Å². The lowest BCUT2D eigenvalue weighted by Gasteiger charge is -2.03. The highest BCUT2D eigenvalue weighted by molar-refractivity contribution is 5.78. The highest BCUT2D eigenvalue weighted by Crippen LogP contribution is 2.09. The summed E-state index contributed by atoms with van der Waals surface area (Å²) in [6.45, 7) is 10.3. The summed E-state index contributed by atoms with van der Waals surface area (Å²) < 4.78 is 0. The first-order valence-corrected chi connectivity index (χ1v) is 10.9. The zero-order chi connectivity index (χ0) is 19.3. The SMILES string of the molecule is CCCCCCCC(=O)CC(C)C.CCCCCCCCCC(C)=O. The highest BCUT2D eigenvalue weighted by atomic mass is 16.1. The van der Waals surface area contributed by atoms with Crippen LogP contribution >= 0.6 is 0 Å². The summed E-state index contributed by atoms with van der Waals surface area (Å²) in [4.78, 5) is 21.9. The Balaban J connectivity index is 0. The Bertz CT molecular complexity index is 294. The van der Waals surface area contributed by atoms with Gasteiger partial charge in [-0.25, -0.2) is 0 Å². The van der Waals surface area contributed by atoms with E-state index in [1.165, 1.54) is 64.2 Å². The van der Waals surface area contributed by atoms with Gasteiger partial charge < -0.3 is 4.79 Å². The maximum Gasteiger partial charge on any atom is 0.133 e. The zero-order valence-corrected chi connectivity index (χ0v) is 18.0. The Hall–Kier alpha value is -0.660. The van der Waals surface area contributed by atoms with E-state index in [0.29, 0.717) is 17.5 Å². The summed E-state index contributed by atoms with van der Waals surface area (Å²) in [6, 6.07) is 0. The Morgan fingerprint density at radius 1 is 0.640 bits per heavy atom. The first-order chi connectivity index (χ1) is 11.9. The molecule has 0 fully saturated rings. The van der Waals surface area contributed by atoms with Crippen LogP contribution in [0.1, 0.15) is 131 Å². The third-order valence-corrected chi connectivity index (χ3v) is 4.33. The van der Waals surface area contributed by atoms with Crippen molar-refractivity contribution < 1.29 is 9.59 Å². The molecule has 0 heterocycles. The summed E-state index contributed by atoms with van der Waals surface area (Å²) in [5.74, 6) is 1.32. The number of carbonyl (C=O) groups excluding carboxylic acids is 2. The van der Waals surface area contributed by atoms with E-state index in [4.69, 9.17) is 0 Å². The molecule has 0 aliphatic carbocycles. The van der Waals surface area contributed by atoms with Crippen LogP contribution in [0.5, 0.6) is 0 Å². The third-order valence-electron chi connectivity index (χ3n) is 4.33. The monoisotopic (exact) mass is 354 g/mol. The van der Waals surface area contributed by atoms with Gasteiger partial charge in [-0.2, -0.15) is 0 Å². The molecule has 0 aliphatic heterocycles.